The molecule has 0 amide bonds. The zero-order valence-electron chi connectivity index (χ0n) is 15.9. The van der Waals surface area contributed by atoms with Crippen molar-refractivity contribution in [3.63, 3.8) is 0 Å². The number of morpholine rings is 1. The van der Waals surface area contributed by atoms with Crippen LogP contribution in [0.4, 0.5) is 5.82 Å². The van der Waals surface area contributed by atoms with Gasteiger partial charge in [0, 0.05) is 44.4 Å². The first-order valence-corrected chi connectivity index (χ1v) is 9.85. The second-order valence-electron chi connectivity index (χ2n) is 7.09. The van der Waals surface area contributed by atoms with Crippen LogP contribution < -0.4 is 10.6 Å². The number of aryl methyl sites for hydroxylation is 1. The Hall–Kier alpha value is -2.09. The molecule has 1 atom stereocenters. The highest BCUT2D eigenvalue weighted by molar-refractivity contribution is 5.48. The Kier molecular flexibility index (Phi) is 5.91. The minimum atomic E-state index is 0.199. The van der Waals surface area contributed by atoms with Crippen LogP contribution in [0.2, 0.25) is 0 Å². The van der Waals surface area contributed by atoms with Crippen LogP contribution in [0.5, 0.6) is 0 Å². The van der Waals surface area contributed by atoms with Crippen LogP contribution >= 0.6 is 0 Å². The number of ether oxygens (including phenoxy) is 1. The van der Waals surface area contributed by atoms with E-state index >= 15 is 0 Å². The summed E-state index contributed by atoms with van der Waals surface area (Å²) in [5.41, 5.74) is 3.52. The molecule has 0 unspecified atom stereocenters. The van der Waals surface area contributed by atoms with Gasteiger partial charge in [-0.25, -0.2) is 9.97 Å². The molecule has 2 aromatic heterocycles. The maximum atomic E-state index is 5.54. The number of hydrogen-bond acceptors (Lipinski definition) is 7. The fourth-order valence-corrected chi connectivity index (χ4v) is 3.89. The second kappa shape index (κ2) is 8.73. The average molecular weight is 368 g/mol. The van der Waals surface area contributed by atoms with E-state index in [2.05, 4.69) is 37.6 Å². The SMILES string of the molecule is Cc1nc2c(c(NC[C@@H](c3ccccn3)N3CCOCC3)n1)CCNCC2. The average Bonchev–Trinajstić information content (AvgIpc) is 2.95. The lowest BCUT2D eigenvalue weighted by atomic mass is 10.1. The second-order valence-corrected chi connectivity index (χ2v) is 7.09. The molecule has 1 saturated heterocycles. The van der Waals surface area contributed by atoms with Gasteiger partial charge in [-0.2, -0.15) is 0 Å². The minimum Gasteiger partial charge on any atom is -0.379 e. The monoisotopic (exact) mass is 368 g/mol. The van der Waals surface area contributed by atoms with Crippen molar-refractivity contribution < 1.29 is 4.74 Å². The molecule has 2 aliphatic rings. The van der Waals surface area contributed by atoms with Gasteiger partial charge in [-0.05, 0) is 32.0 Å². The Morgan fingerprint density at radius 2 is 2.04 bits per heavy atom. The predicted octanol–water partition coefficient (Wildman–Crippen LogP) is 1.35. The molecular weight excluding hydrogens is 340 g/mol. The summed E-state index contributed by atoms with van der Waals surface area (Å²) in [4.78, 5) is 16.5. The maximum Gasteiger partial charge on any atom is 0.133 e. The van der Waals surface area contributed by atoms with E-state index in [4.69, 9.17) is 9.72 Å². The van der Waals surface area contributed by atoms with Crippen molar-refractivity contribution in [3.05, 3.63) is 47.2 Å². The molecule has 27 heavy (non-hydrogen) atoms. The summed E-state index contributed by atoms with van der Waals surface area (Å²) >= 11 is 0. The zero-order valence-corrected chi connectivity index (χ0v) is 15.9. The van der Waals surface area contributed by atoms with Crippen LogP contribution in [-0.4, -0.2) is 65.8 Å². The first-order valence-electron chi connectivity index (χ1n) is 9.85. The van der Waals surface area contributed by atoms with E-state index < -0.39 is 0 Å². The van der Waals surface area contributed by atoms with E-state index in [0.29, 0.717) is 0 Å². The van der Waals surface area contributed by atoms with Gasteiger partial charge in [0.25, 0.3) is 0 Å². The standard InChI is InChI=1S/C20H28N6O/c1-15-24-17-6-9-21-8-5-16(17)20(25-15)23-14-19(18-4-2-3-7-22-18)26-10-12-27-13-11-26/h2-4,7,19,21H,5-6,8-14H2,1H3,(H,23,24,25)/t19-/m0/s1. The van der Waals surface area contributed by atoms with Crippen LogP contribution in [0.25, 0.3) is 0 Å². The highest BCUT2D eigenvalue weighted by Crippen LogP contribution is 2.24. The van der Waals surface area contributed by atoms with Crippen LogP contribution in [0.15, 0.2) is 24.4 Å². The summed E-state index contributed by atoms with van der Waals surface area (Å²) in [5.74, 6) is 1.81. The van der Waals surface area contributed by atoms with Crippen LogP contribution in [0.3, 0.4) is 0 Å². The Morgan fingerprint density at radius 3 is 2.85 bits per heavy atom. The van der Waals surface area contributed by atoms with Crippen molar-refractivity contribution in [3.8, 4) is 0 Å². The van der Waals surface area contributed by atoms with Crippen molar-refractivity contribution in [1.29, 1.82) is 0 Å². The molecule has 0 bridgehead atoms. The number of nitrogens with one attached hydrogen (secondary N) is 2. The van der Waals surface area contributed by atoms with Crippen molar-refractivity contribution >= 4 is 5.82 Å². The van der Waals surface area contributed by atoms with Gasteiger partial charge in [-0.1, -0.05) is 6.07 Å². The normalized spacial score (nSPS) is 19.1. The van der Waals surface area contributed by atoms with Gasteiger partial charge < -0.3 is 15.4 Å². The van der Waals surface area contributed by atoms with E-state index in [1.807, 2.05) is 19.2 Å². The van der Waals surface area contributed by atoms with Gasteiger partial charge in [0.15, 0.2) is 0 Å². The third kappa shape index (κ3) is 4.43. The van der Waals surface area contributed by atoms with Gasteiger partial charge >= 0.3 is 0 Å². The fraction of sp³-hybridized carbons (Fsp3) is 0.550. The molecule has 0 radical (unpaired) electrons. The summed E-state index contributed by atoms with van der Waals surface area (Å²) < 4.78 is 5.54. The molecule has 4 heterocycles. The first-order chi connectivity index (χ1) is 13.3. The molecule has 0 spiro atoms. The first kappa shape index (κ1) is 18.3. The van der Waals surface area contributed by atoms with E-state index in [9.17, 15) is 0 Å². The number of pyridine rings is 1. The molecule has 2 aliphatic heterocycles. The molecule has 0 aliphatic carbocycles. The fourth-order valence-electron chi connectivity index (χ4n) is 3.89. The quantitative estimate of drug-likeness (QED) is 0.825. The molecular formula is C20H28N6O. The van der Waals surface area contributed by atoms with Gasteiger partial charge in [0.05, 0.1) is 30.6 Å². The summed E-state index contributed by atoms with van der Waals surface area (Å²) in [5, 5.41) is 7.09. The minimum absolute atomic E-state index is 0.199. The van der Waals surface area contributed by atoms with Crippen LogP contribution in [0.1, 0.15) is 28.8 Å². The van der Waals surface area contributed by atoms with Gasteiger partial charge in [-0.3, -0.25) is 9.88 Å². The number of anilines is 1. The van der Waals surface area contributed by atoms with Crippen molar-refractivity contribution in [2.45, 2.75) is 25.8 Å². The Morgan fingerprint density at radius 1 is 1.19 bits per heavy atom. The Labute approximate surface area is 160 Å². The number of nitrogens with zero attached hydrogens (tertiary/aromatic N) is 4. The summed E-state index contributed by atoms with van der Waals surface area (Å²) in [6, 6.07) is 6.33. The van der Waals surface area contributed by atoms with Gasteiger partial charge in [0.1, 0.15) is 11.6 Å². The van der Waals surface area contributed by atoms with Crippen LogP contribution in [0, 0.1) is 6.92 Å². The molecule has 1 fully saturated rings. The highest BCUT2D eigenvalue weighted by atomic mass is 16.5. The number of fused-ring (bicyclic) bond motifs is 1. The molecule has 7 nitrogen and oxygen atoms in total. The number of rotatable bonds is 5. The molecule has 2 aromatic rings. The smallest absolute Gasteiger partial charge is 0.133 e. The Balaban J connectivity index is 1.56. The Bertz CT molecular complexity index is 748. The van der Waals surface area contributed by atoms with E-state index in [0.717, 1.165) is 76.1 Å². The molecule has 144 valence electrons. The molecule has 0 saturated carbocycles. The summed E-state index contributed by atoms with van der Waals surface area (Å²) in [6.07, 6.45) is 3.79. The summed E-state index contributed by atoms with van der Waals surface area (Å²) in [6.45, 7) is 8.10. The van der Waals surface area contributed by atoms with Crippen LogP contribution in [-0.2, 0) is 17.6 Å². The van der Waals surface area contributed by atoms with E-state index in [1.54, 1.807) is 0 Å². The lowest BCUT2D eigenvalue weighted by Crippen LogP contribution is -2.42. The van der Waals surface area contributed by atoms with Crippen molar-refractivity contribution in [1.82, 2.24) is 25.2 Å². The molecule has 0 aromatic carbocycles. The maximum absolute atomic E-state index is 5.54. The third-order valence-electron chi connectivity index (χ3n) is 5.27. The number of hydrogen-bond donors (Lipinski definition) is 2. The van der Waals surface area contributed by atoms with E-state index in [-0.39, 0.29) is 6.04 Å². The lowest BCUT2D eigenvalue weighted by Gasteiger charge is -2.34. The van der Waals surface area contributed by atoms with E-state index in [1.165, 1.54) is 11.3 Å². The topological polar surface area (TPSA) is 75.2 Å². The van der Waals surface area contributed by atoms with Crippen molar-refractivity contribution in [2.24, 2.45) is 0 Å². The summed E-state index contributed by atoms with van der Waals surface area (Å²) in [7, 11) is 0. The third-order valence-corrected chi connectivity index (χ3v) is 5.27. The van der Waals surface area contributed by atoms with Gasteiger partial charge in [0.2, 0.25) is 0 Å². The number of aromatic nitrogens is 3. The largest absolute Gasteiger partial charge is 0.379 e. The molecule has 2 N–H and O–H groups in total. The highest BCUT2D eigenvalue weighted by Gasteiger charge is 2.24. The molecule has 7 heteroatoms. The van der Waals surface area contributed by atoms with Gasteiger partial charge in [-0.15, -0.1) is 0 Å². The predicted molar refractivity (Wildman–Crippen MR) is 105 cm³/mol. The molecule has 4 rings (SSSR count). The van der Waals surface area contributed by atoms with Crippen molar-refractivity contribution in [2.75, 3.05) is 51.3 Å². The zero-order chi connectivity index (χ0) is 18.5. The lowest BCUT2D eigenvalue weighted by molar-refractivity contribution is 0.0179.